The molecular weight excluding hydrogens is 366 g/mol. The lowest BCUT2D eigenvalue weighted by molar-refractivity contribution is -0.135. The lowest BCUT2D eigenvalue weighted by Gasteiger charge is -2.26. The van der Waals surface area contributed by atoms with Gasteiger partial charge in [0.15, 0.2) is 0 Å². The second-order valence-electron chi connectivity index (χ2n) is 7.13. The fourth-order valence-electron chi connectivity index (χ4n) is 3.68. The van der Waals surface area contributed by atoms with E-state index in [4.69, 9.17) is 0 Å². The summed E-state index contributed by atoms with van der Waals surface area (Å²) in [4.78, 5) is 26.3. The van der Waals surface area contributed by atoms with Crippen LogP contribution in [0.1, 0.15) is 37.7 Å². The smallest absolute Gasteiger partial charge is 0.242 e. The van der Waals surface area contributed by atoms with Crippen molar-refractivity contribution in [2.45, 2.75) is 44.7 Å². The van der Waals surface area contributed by atoms with Gasteiger partial charge in [0.2, 0.25) is 21.8 Å². The summed E-state index contributed by atoms with van der Waals surface area (Å²) in [6.45, 7) is 1.60. The van der Waals surface area contributed by atoms with Crippen molar-refractivity contribution in [1.82, 2.24) is 14.5 Å². The number of piperidine rings is 1. The van der Waals surface area contributed by atoms with Gasteiger partial charge in [-0.05, 0) is 24.8 Å². The first-order valence-electron chi connectivity index (χ1n) is 9.56. The Balaban J connectivity index is 1.52. The van der Waals surface area contributed by atoms with Crippen molar-refractivity contribution >= 4 is 21.8 Å². The Kier molecular flexibility index (Phi) is 6.49. The first-order chi connectivity index (χ1) is 13.0. The summed E-state index contributed by atoms with van der Waals surface area (Å²) in [5.74, 6) is -0.413. The average Bonchev–Trinajstić information content (AvgIpc) is 3.04. The van der Waals surface area contributed by atoms with Crippen LogP contribution in [0.2, 0.25) is 0 Å². The number of carbonyl (C=O) groups is 2. The summed E-state index contributed by atoms with van der Waals surface area (Å²) in [6, 6.07) is 9.02. The lowest BCUT2D eigenvalue weighted by Crippen LogP contribution is -2.46. The summed E-state index contributed by atoms with van der Waals surface area (Å²) < 4.78 is 26.2. The maximum Gasteiger partial charge on any atom is 0.242 e. The molecule has 3 rings (SSSR count). The van der Waals surface area contributed by atoms with Crippen LogP contribution in [0.5, 0.6) is 0 Å². The number of amides is 2. The van der Waals surface area contributed by atoms with Gasteiger partial charge >= 0.3 is 0 Å². The summed E-state index contributed by atoms with van der Waals surface area (Å²) in [5.41, 5.74) is 0.971. The minimum absolute atomic E-state index is 0.0417. The minimum Gasteiger partial charge on any atom is -0.353 e. The van der Waals surface area contributed by atoms with Crippen LogP contribution in [0.15, 0.2) is 30.3 Å². The third-order valence-corrected chi connectivity index (χ3v) is 7.07. The number of likely N-dealkylation sites (tertiary alicyclic amines) is 1. The molecule has 2 amide bonds. The zero-order valence-electron chi connectivity index (χ0n) is 15.5. The van der Waals surface area contributed by atoms with Crippen molar-refractivity contribution in [2.75, 3.05) is 25.4 Å². The van der Waals surface area contributed by atoms with Gasteiger partial charge in [0, 0.05) is 32.6 Å². The molecule has 2 heterocycles. The molecule has 2 aliphatic heterocycles. The molecule has 8 heteroatoms. The fraction of sp³-hybridized carbons (Fsp3) is 0.579. The molecule has 2 fully saturated rings. The number of sulfonamides is 1. The van der Waals surface area contributed by atoms with Gasteiger partial charge in [0.1, 0.15) is 6.04 Å². The van der Waals surface area contributed by atoms with Crippen molar-refractivity contribution in [3.05, 3.63) is 35.9 Å². The van der Waals surface area contributed by atoms with E-state index in [9.17, 15) is 18.0 Å². The number of hydrogen-bond donors (Lipinski definition) is 1. The standard InChI is InChI=1S/C19H27N3O4S/c23-18-10-9-17(22(18)15-16-7-3-1-4-8-16)19(24)20-11-14-27(25,26)21-12-5-2-6-13-21/h1,3-4,7-8,17H,2,5-6,9-15H2,(H,20,24). The first-order valence-corrected chi connectivity index (χ1v) is 11.2. The van der Waals surface area contributed by atoms with Gasteiger partial charge in [-0.25, -0.2) is 12.7 Å². The van der Waals surface area contributed by atoms with Gasteiger partial charge in [-0.15, -0.1) is 0 Å². The Morgan fingerprint density at radius 1 is 1.11 bits per heavy atom. The van der Waals surface area contributed by atoms with Gasteiger partial charge in [0.05, 0.1) is 5.75 Å². The molecular formula is C19H27N3O4S. The first kappa shape index (κ1) is 19.8. The molecule has 0 aliphatic carbocycles. The molecule has 0 spiro atoms. The largest absolute Gasteiger partial charge is 0.353 e. The van der Waals surface area contributed by atoms with Crippen LogP contribution in [0.4, 0.5) is 0 Å². The van der Waals surface area contributed by atoms with E-state index in [0.29, 0.717) is 32.5 Å². The number of carbonyl (C=O) groups excluding carboxylic acids is 2. The van der Waals surface area contributed by atoms with E-state index in [2.05, 4.69) is 5.32 Å². The second-order valence-corrected chi connectivity index (χ2v) is 9.22. The molecule has 0 aromatic heterocycles. The third-order valence-electron chi connectivity index (χ3n) is 5.19. The summed E-state index contributed by atoms with van der Waals surface area (Å²) in [6.07, 6.45) is 3.66. The molecule has 148 valence electrons. The molecule has 0 bridgehead atoms. The van der Waals surface area contributed by atoms with E-state index in [-0.39, 0.29) is 24.1 Å². The van der Waals surface area contributed by atoms with E-state index in [0.717, 1.165) is 24.8 Å². The predicted molar refractivity (Wildman–Crippen MR) is 102 cm³/mol. The molecule has 2 saturated heterocycles. The second kappa shape index (κ2) is 8.84. The topological polar surface area (TPSA) is 86.8 Å². The molecule has 27 heavy (non-hydrogen) atoms. The highest BCUT2D eigenvalue weighted by atomic mass is 32.2. The SMILES string of the molecule is O=C(NCCS(=O)(=O)N1CCCCC1)C1CCC(=O)N1Cc1ccccc1. The van der Waals surface area contributed by atoms with Crippen molar-refractivity contribution in [2.24, 2.45) is 0 Å². The van der Waals surface area contributed by atoms with Crippen molar-refractivity contribution in [3.8, 4) is 0 Å². The van der Waals surface area contributed by atoms with E-state index >= 15 is 0 Å². The molecule has 1 atom stereocenters. The molecule has 1 aromatic carbocycles. The number of benzene rings is 1. The van der Waals surface area contributed by atoms with Crippen molar-refractivity contribution < 1.29 is 18.0 Å². The van der Waals surface area contributed by atoms with Crippen LogP contribution in [-0.2, 0) is 26.2 Å². The fourth-order valence-corrected chi connectivity index (χ4v) is 5.11. The van der Waals surface area contributed by atoms with Crippen molar-refractivity contribution in [3.63, 3.8) is 0 Å². The number of rotatable bonds is 7. The third kappa shape index (κ3) is 5.07. The molecule has 0 radical (unpaired) electrons. The molecule has 1 unspecified atom stereocenters. The average molecular weight is 394 g/mol. The Morgan fingerprint density at radius 3 is 2.52 bits per heavy atom. The summed E-state index contributed by atoms with van der Waals surface area (Å²) in [7, 11) is -3.34. The van der Waals surface area contributed by atoms with Gasteiger partial charge in [0.25, 0.3) is 0 Å². The van der Waals surface area contributed by atoms with Crippen LogP contribution in [0.25, 0.3) is 0 Å². The number of hydrogen-bond acceptors (Lipinski definition) is 4. The quantitative estimate of drug-likeness (QED) is 0.752. The van der Waals surface area contributed by atoms with Crippen molar-refractivity contribution in [1.29, 1.82) is 0 Å². The highest BCUT2D eigenvalue weighted by molar-refractivity contribution is 7.89. The Hall–Kier alpha value is -1.93. The van der Waals surface area contributed by atoms with Gasteiger partial charge in [-0.3, -0.25) is 9.59 Å². The van der Waals surface area contributed by atoms with Crippen LogP contribution >= 0.6 is 0 Å². The maximum atomic E-state index is 12.5. The van der Waals surface area contributed by atoms with Crippen LogP contribution < -0.4 is 5.32 Å². The minimum atomic E-state index is -3.34. The van der Waals surface area contributed by atoms with E-state index in [1.165, 1.54) is 4.31 Å². The Bertz CT molecular complexity index is 760. The zero-order valence-corrected chi connectivity index (χ0v) is 16.3. The number of nitrogens with one attached hydrogen (secondary N) is 1. The summed E-state index contributed by atoms with van der Waals surface area (Å²) in [5, 5.41) is 2.72. The highest BCUT2D eigenvalue weighted by Gasteiger charge is 2.36. The van der Waals surface area contributed by atoms with Crippen LogP contribution in [-0.4, -0.2) is 60.9 Å². The van der Waals surface area contributed by atoms with Crippen LogP contribution in [0, 0.1) is 0 Å². The Labute approximate surface area is 160 Å². The lowest BCUT2D eigenvalue weighted by atomic mass is 10.1. The molecule has 1 N–H and O–H groups in total. The highest BCUT2D eigenvalue weighted by Crippen LogP contribution is 2.21. The Morgan fingerprint density at radius 2 is 1.81 bits per heavy atom. The monoisotopic (exact) mass is 393 g/mol. The van der Waals surface area contributed by atoms with Crippen LogP contribution in [0.3, 0.4) is 0 Å². The van der Waals surface area contributed by atoms with E-state index in [1.807, 2.05) is 30.3 Å². The van der Waals surface area contributed by atoms with Gasteiger partial charge in [-0.1, -0.05) is 36.8 Å². The zero-order chi connectivity index (χ0) is 19.3. The predicted octanol–water partition coefficient (Wildman–Crippen LogP) is 1.11. The molecule has 2 aliphatic rings. The van der Waals surface area contributed by atoms with Gasteiger partial charge < -0.3 is 10.2 Å². The number of nitrogens with zero attached hydrogens (tertiary/aromatic N) is 2. The molecule has 0 saturated carbocycles. The van der Waals surface area contributed by atoms with E-state index in [1.54, 1.807) is 4.90 Å². The molecule has 7 nitrogen and oxygen atoms in total. The van der Waals surface area contributed by atoms with Gasteiger partial charge in [-0.2, -0.15) is 0 Å². The maximum absolute atomic E-state index is 12.5. The summed E-state index contributed by atoms with van der Waals surface area (Å²) >= 11 is 0. The van der Waals surface area contributed by atoms with E-state index < -0.39 is 16.1 Å². The normalized spacial score (nSPS) is 21.4. The molecule has 1 aromatic rings.